The molecule has 7 nitrogen and oxygen atoms in total. The van der Waals surface area contributed by atoms with Crippen molar-refractivity contribution < 1.29 is 19.1 Å². The Balaban J connectivity index is 1.21. The zero-order chi connectivity index (χ0) is 25.9. The quantitative estimate of drug-likeness (QED) is 0.552. The predicted octanol–water partition coefficient (Wildman–Crippen LogP) is 4.14. The van der Waals surface area contributed by atoms with Crippen LogP contribution in [0.4, 0.5) is 5.69 Å². The third-order valence-electron chi connectivity index (χ3n) is 7.83. The third kappa shape index (κ3) is 5.30. The highest BCUT2D eigenvalue weighted by atomic mass is 32.2. The van der Waals surface area contributed by atoms with E-state index in [1.165, 1.54) is 5.69 Å². The first-order valence-corrected chi connectivity index (χ1v) is 13.8. The Hall–Kier alpha value is -3.13. The van der Waals surface area contributed by atoms with E-state index in [1.54, 1.807) is 26.0 Å². The summed E-state index contributed by atoms with van der Waals surface area (Å²) in [5.74, 6) is 1.56. The van der Waals surface area contributed by atoms with Gasteiger partial charge in [-0.2, -0.15) is 0 Å². The minimum atomic E-state index is -0.0169. The lowest BCUT2D eigenvalue weighted by Gasteiger charge is -2.45. The number of para-hydroxylation sites is 1. The second-order valence-electron chi connectivity index (χ2n) is 9.92. The molecule has 2 heterocycles. The lowest BCUT2D eigenvalue weighted by atomic mass is 9.83. The van der Waals surface area contributed by atoms with Gasteiger partial charge in [-0.1, -0.05) is 24.3 Å². The Kier molecular flexibility index (Phi) is 7.65. The van der Waals surface area contributed by atoms with Gasteiger partial charge in [-0.25, -0.2) is 0 Å². The fraction of sp³-hybridized carbons (Fsp3) is 0.448. The number of anilines is 1. The number of thioether (sulfide) groups is 1. The van der Waals surface area contributed by atoms with E-state index in [2.05, 4.69) is 29.2 Å². The Morgan fingerprint density at radius 3 is 2.41 bits per heavy atom. The molecule has 0 N–H and O–H groups in total. The largest absolute Gasteiger partial charge is 0.493 e. The highest BCUT2D eigenvalue weighted by molar-refractivity contribution is 8.04. The summed E-state index contributed by atoms with van der Waals surface area (Å²) in [7, 11) is 5.10. The van der Waals surface area contributed by atoms with E-state index in [1.807, 2.05) is 47.2 Å². The molecule has 1 saturated carbocycles. The van der Waals surface area contributed by atoms with Gasteiger partial charge in [0, 0.05) is 56.1 Å². The number of amides is 2. The van der Waals surface area contributed by atoms with Crippen LogP contribution in [0.1, 0.15) is 24.8 Å². The highest BCUT2D eigenvalue weighted by Crippen LogP contribution is 2.44. The van der Waals surface area contributed by atoms with Crippen molar-refractivity contribution in [3.8, 4) is 11.5 Å². The molecule has 0 radical (unpaired) electrons. The van der Waals surface area contributed by atoms with E-state index in [9.17, 15) is 9.59 Å². The smallest absolute Gasteiger partial charge is 0.260 e. The monoisotopic (exact) mass is 521 g/mol. The van der Waals surface area contributed by atoms with Gasteiger partial charge >= 0.3 is 0 Å². The molecule has 3 unspecified atom stereocenters. The molecule has 2 aromatic carbocycles. The molecule has 3 aliphatic rings. The first-order valence-electron chi connectivity index (χ1n) is 12.9. The van der Waals surface area contributed by atoms with E-state index < -0.39 is 0 Å². The van der Waals surface area contributed by atoms with E-state index in [-0.39, 0.29) is 23.8 Å². The molecule has 2 aliphatic heterocycles. The number of benzene rings is 2. The SMILES string of the molecule is COc1ccc(/C=C2\SC3CCC(C(=O)N4CCN(c5ccccc5)CC4)CC3N(C)C2=O)cc1OC. The summed E-state index contributed by atoms with van der Waals surface area (Å²) in [5, 5.41) is 0.299. The third-order valence-corrected chi connectivity index (χ3v) is 9.23. The molecule has 5 rings (SSSR count). The van der Waals surface area contributed by atoms with Crippen molar-refractivity contribution in [1.82, 2.24) is 9.80 Å². The number of methoxy groups -OCH3 is 2. The van der Waals surface area contributed by atoms with Crippen molar-refractivity contribution in [3.05, 3.63) is 59.0 Å². The van der Waals surface area contributed by atoms with Gasteiger partial charge in [0.2, 0.25) is 5.91 Å². The van der Waals surface area contributed by atoms with Gasteiger partial charge in [-0.15, -0.1) is 11.8 Å². The van der Waals surface area contributed by atoms with Crippen molar-refractivity contribution in [3.63, 3.8) is 0 Å². The molecule has 0 aromatic heterocycles. The van der Waals surface area contributed by atoms with Crippen LogP contribution < -0.4 is 14.4 Å². The number of carbonyl (C=O) groups excluding carboxylic acids is 2. The van der Waals surface area contributed by atoms with E-state index in [4.69, 9.17) is 9.47 Å². The van der Waals surface area contributed by atoms with E-state index in [0.717, 1.165) is 55.9 Å². The molecular formula is C29H35N3O4S. The van der Waals surface area contributed by atoms with Crippen LogP contribution in [0.2, 0.25) is 0 Å². The van der Waals surface area contributed by atoms with Crippen LogP contribution >= 0.6 is 11.8 Å². The summed E-state index contributed by atoms with van der Waals surface area (Å²) < 4.78 is 10.7. The van der Waals surface area contributed by atoms with Crippen LogP contribution in [0.3, 0.4) is 0 Å². The highest BCUT2D eigenvalue weighted by Gasteiger charge is 2.43. The van der Waals surface area contributed by atoms with Gasteiger partial charge in [0.15, 0.2) is 11.5 Å². The number of hydrogen-bond donors (Lipinski definition) is 0. The maximum atomic E-state index is 13.4. The van der Waals surface area contributed by atoms with Gasteiger partial charge in [0.05, 0.1) is 19.1 Å². The van der Waals surface area contributed by atoms with Gasteiger partial charge in [-0.3, -0.25) is 9.59 Å². The number of ether oxygens (including phenoxy) is 2. The Morgan fingerprint density at radius 1 is 0.973 bits per heavy atom. The number of carbonyl (C=O) groups is 2. The first-order chi connectivity index (χ1) is 18.0. The lowest BCUT2D eigenvalue weighted by Crippen LogP contribution is -2.55. The zero-order valence-electron chi connectivity index (χ0n) is 21.8. The summed E-state index contributed by atoms with van der Waals surface area (Å²) in [6, 6.07) is 16.1. The molecule has 2 amide bonds. The molecule has 3 atom stereocenters. The molecule has 3 fully saturated rings. The Morgan fingerprint density at radius 2 is 1.70 bits per heavy atom. The summed E-state index contributed by atoms with van der Waals surface area (Å²) in [6.45, 7) is 3.21. The topological polar surface area (TPSA) is 62.3 Å². The van der Waals surface area contributed by atoms with Crippen LogP contribution in [-0.4, -0.2) is 80.4 Å². The van der Waals surface area contributed by atoms with Gasteiger partial charge in [0.25, 0.3) is 5.91 Å². The van der Waals surface area contributed by atoms with Gasteiger partial charge < -0.3 is 24.2 Å². The second-order valence-corrected chi connectivity index (χ2v) is 11.2. The van der Waals surface area contributed by atoms with Crippen LogP contribution in [0.15, 0.2) is 53.4 Å². The predicted molar refractivity (Wildman–Crippen MR) is 148 cm³/mol. The average molecular weight is 522 g/mol. The van der Waals surface area contributed by atoms with Crippen molar-refractivity contribution in [2.24, 2.45) is 5.92 Å². The number of fused-ring (bicyclic) bond motifs is 1. The normalized spacial score (nSPS) is 25.2. The summed E-state index contributed by atoms with van der Waals surface area (Å²) in [6.07, 6.45) is 4.47. The molecule has 2 saturated heterocycles. The van der Waals surface area contributed by atoms with Crippen LogP contribution in [0, 0.1) is 5.92 Å². The molecule has 2 aromatic rings. The number of nitrogens with zero attached hydrogens (tertiary/aromatic N) is 3. The van der Waals surface area contributed by atoms with Crippen molar-refractivity contribution in [2.45, 2.75) is 30.6 Å². The fourth-order valence-corrected chi connectivity index (χ4v) is 7.18. The molecule has 37 heavy (non-hydrogen) atoms. The van der Waals surface area contributed by atoms with E-state index >= 15 is 0 Å². The Labute approximate surface area is 223 Å². The number of rotatable bonds is 5. The second kappa shape index (κ2) is 11.1. The lowest BCUT2D eigenvalue weighted by molar-refractivity contribution is -0.139. The standard InChI is InChI=1S/C29H35N3O4S/c1-30-23-19-21(28(33)32-15-13-31(14-16-32)22-7-5-4-6-8-22)10-12-26(23)37-27(29(30)34)18-20-9-11-24(35-2)25(17-20)36-3/h4-9,11,17-18,21,23,26H,10,12-16,19H2,1-3H3/b27-18-. The molecule has 0 bridgehead atoms. The fourth-order valence-electron chi connectivity index (χ4n) is 5.70. The Bertz CT molecular complexity index is 1160. The zero-order valence-corrected chi connectivity index (χ0v) is 22.6. The minimum Gasteiger partial charge on any atom is -0.493 e. The van der Waals surface area contributed by atoms with Crippen molar-refractivity contribution >= 4 is 35.3 Å². The van der Waals surface area contributed by atoms with Gasteiger partial charge in [-0.05, 0) is 55.2 Å². The van der Waals surface area contributed by atoms with Crippen LogP contribution in [0.5, 0.6) is 11.5 Å². The molecule has 0 spiro atoms. The number of likely N-dealkylation sites (N-methyl/N-ethyl adjacent to an activating group) is 1. The first kappa shape index (κ1) is 25.5. The molecule has 1 aliphatic carbocycles. The maximum Gasteiger partial charge on any atom is 0.260 e. The van der Waals surface area contributed by atoms with Crippen LogP contribution in [-0.2, 0) is 9.59 Å². The van der Waals surface area contributed by atoms with Crippen molar-refractivity contribution in [1.29, 1.82) is 0 Å². The molecule has 8 heteroatoms. The summed E-state index contributed by atoms with van der Waals surface area (Å²) in [4.78, 5) is 33.7. The average Bonchev–Trinajstić information content (AvgIpc) is 2.95. The minimum absolute atomic E-state index is 0.0169. The van der Waals surface area contributed by atoms with Crippen molar-refractivity contribution in [2.75, 3.05) is 52.3 Å². The summed E-state index contributed by atoms with van der Waals surface area (Å²) >= 11 is 1.66. The maximum absolute atomic E-state index is 13.4. The molecule has 196 valence electrons. The number of hydrogen-bond acceptors (Lipinski definition) is 6. The summed E-state index contributed by atoms with van der Waals surface area (Å²) in [5.41, 5.74) is 2.12. The van der Waals surface area contributed by atoms with Crippen LogP contribution in [0.25, 0.3) is 6.08 Å². The number of piperazine rings is 1. The molecular weight excluding hydrogens is 486 g/mol. The van der Waals surface area contributed by atoms with E-state index in [0.29, 0.717) is 16.7 Å². The van der Waals surface area contributed by atoms with Gasteiger partial charge in [0.1, 0.15) is 0 Å².